The van der Waals surface area contributed by atoms with Crippen molar-refractivity contribution in [3.8, 4) is 39.7 Å². The van der Waals surface area contributed by atoms with Crippen molar-refractivity contribution in [1.82, 2.24) is 24.5 Å². The number of rotatable bonds is 4. The Morgan fingerprint density at radius 1 is 1.23 bits per heavy atom. The molecular formula is C26H29N5O3S. The number of aryl methyl sites for hydroxylation is 2. The Morgan fingerprint density at radius 2 is 2.00 bits per heavy atom. The molecule has 3 aromatic heterocycles. The summed E-state index contributed by atoms with van der Waals surface area (Å²) >= 11 is 1.59. The van der Waals surface area contributed by atoms with Crippen LogP contribution in [0, 0.1) is 6.92 Å². The molecule has 1 aliphatic heterocycles. The van der Waals surface area contributed by atoms with Gasteiger partial charge in [-0.25, -0.2) is 4.68 Å². The highest BCUT2D eigenvalue weighted by atomic mass is 32.1. The topological polar surface area (TPSA) is 74.4 Å². The fourth-order valence-electron chi connectivity index (χ4n) is 4.37. The number of hydrogen-bond acceptors (Lipinski definition) is 6. The number of thiophene rings is 1. The van der Waals surface area contributed by atoms with Crippen LogP contribution in [0.25, 0.3) is 28.2 Å². The molecule has 1 aromatic carbocycles. The van der Waals surface area contributed by atoms with Gasteiger partial charge in [0.25, 0.3) is 5.91 Å². The van der Waals surface area contributed by atoms with E-state index in [-0.39, 0.29) is 18.1 Å². The highest BCUT2D eigenvalue weighted by Gasteiger charge is 2.35. The summed E-state index contributed by atoms with van der Waals surface area (Å²) in [5.41, 5.74) is 6.37. The van der Waals surface area contributed by atoms with E-state index in [9.17, 15) is 4.79 Å². The molecule has 1 aliphatic rings. The molecule has 0 unspecified atom stereocenters. The number of aromatic nitrogens is 4. The van der Waals surface area contributed by atoms with Crippen LogP contribution in [0.5, 0.6) is 11.5 Å². The lowest BCUT2D eigenvalue weighted by atomic mass is 9.96. The summed E-state index contributed by atoms with van der Waals surface area (Å²) in [5.74, 6) is 1.26. The van der Waals surface area contributed by atoms with Gasteiger partial charge >= 0.3 is 0 Å². The maximum atomic E-state index is 13.6. The zero-order valence-corrected chi connectivity index (χ0v) is 21.9. The first-order valence-corrected chi connectivity index (χ1v) is 12.3. The van der Waals surface area contributed by atoms with Gasteiger partial charge in [-0.1, -0.05) is 0 Å². The molecule has 0 radical (unpaired) electrons. The monoisotopic (exact) mass is 491 g/mol. The van der Waals surface area contributed by atoms with E-state index in [0.717, 1.165) is 39.3 Å². The van der Waals surface area contributed by atoms with E-state index in [1.54, 1.807) is 23.3 Å². The average Bonchev–Trinajstić information content (AvgIpc) is 3.55. The highest BCUT2D eigenvalue weighted by Crippen LogP contribution is 2.46. The molecule has 0 saturated heterocycles. The fourth-order valence-corrected chi connectivity index (χ4v) is 4.98. The van der Waals surface area contributed by atoms with E-state index in [4.69, 9.17) is 14.6 Å². The second-order valence-corrected chi connectivity index (χ2v) is 10.5. The molecule has 0 aliphatic carbocycles. The summed E-state index contributed by atoms with van der Waals surface area (Å²) in [6.45, 7) is 8.30. The number of ether oxygens (including phenoxy) is 2. The quantitative estimate of drug-likeness (QED) is 0.398. The van der Waals surface area contributed by atoms with Crippen LogP contribution < -0.4 is 9.47 Å². The standard InChI is InChI=1S/C26H29N5O3S/c1-15-12-27-30(6)23(15)17-10-18-21(11-20(17)33-7)34-13-19-22(25(32)29(5)26(2,3)4)28-31(24(18)19)16-8-9-35-14-16/h8-12,14H,13H2,1-7H3. The van der Waals surface area contributed by atoms with Gasteiger partial charge in [0.15, 0.2) is 5.69 Å². The van der Waals surface area contributed by atoms with Gasteiger partial charge in [-0.05, 0) is 50.8 Å². The van der Waals surface area contributed by atoms with Crippen LogP contribution in [0.15, 0.2) is 35.2 Å². The Bertz CT molecular complexity index is 1410. The first-order chi connectivity index (χ1) is 16.6. The van der Waals surface area contributed by atoms with Crippen molar-refractivity contribution in [3.05, 3.63) is 52.0 Å². The zero-order valence-electron chi connectivity index (χ0n) is 21.0. The van der Waals surface area contributed by atoms with E-state index in [0.29, 0.717) is 17.2 Å². The molecule has 0 atom stereocenters. The predicted molar refractivity (Wildman–Crippen MR) is 137 cm³/mol. The Balaban J connectivity index is 1.77. The van der Waals surface area contributed by atoms with E-state index in [1.165, 1.54) is 0 Å². The number of nitrogens with zero attached hydrogens (tertiary/aromatic N) is 5. The van der Waals surface area contributed by atoms with Crippen LogP contribution in [0.3, 0.4) is 0 Å². The molecule has 35 heavy (non-hydrogen) atoms. The molecule has 0 bridgehead atoms. The summed E-state index contributed by atoms with van der Waals surface area (Å²) in [5, 5.41) is 13.3. The normalized spacial score (nSPS) is 12.7. The second-order valence-electron chi connectivity index (χ2n) is 9.74. The second kappa shape index (κ2) is 8.27. The van der Waals surface area contributed by atoms with E-state index < -0.39 is 0 Å². The molecule has 5 rings (SSSR count). The Labute approximate surface area is 208 Å². The van der Waals surface area contributed by atoms with Gasteiger partial charge in [0, 0.05) is 47.8 Å². The van der Waals surface area contributed by atoms with E-state index in [1.807, 2.05) is 80.2 Å². The predicted octanol–water partition coefficient (Wildman–Crippen LogP) is 5.08. The van der Waals surface area contributed by atoms with Gasteiger partial charge in [-0.3, -0.25) is 9.48 Å². The summed E-state index contributed by atoms with van der Waals surface area (Å²) in [6, 6.07) is 5.97. The Hall–Kier alpha value is -3.59. The number of carbonyl (C=O) groups is 1. The zero-order chi connectivity index (χ0) is 25.1. The molecule has 182 valence electrons. The van der Waals surface area contributed by atoms with Gasteiger partial charge < -0.3 is 14.4 Å². The number of carbonyl (C=O) groups excluding carboxylic acids is 1. The van der Waals surface area contributed by atoms with Gasteiger partial charge in [0.1, 0.15) is 18.1 Å². The van der Waals surface area contributed by atoms with Gasteiger partial charge in [0.05, 0.1) is 30.4 Å². The first kappa shape index (κ1) is 23.2. The van der Waals surface area contributed by atoms with Gasteiger partial charge in [-0.15, -0.1) is 0 Å². The summed E-state index contributed by atoms with van der Waals surface area (Å²) in [6.07, 6.45) is 1.84. The summed E-state index contributed by atoms with van der Waals surface area (Å²) in [4.78, 5) is 15.3. The molecule has 1 amide bonds. The maximum Gasteiger partial charge on any atom is 0.274 e. The van der Waals surface area contributed by atoms with E-state index >= 15 is 0 Å². The fraction of sp³-hybridized carbons (Fsp3) is 0.346. The molecular weight excluding hydrogens is 462 g/mol. The third-order valence-corrected chi connectivity index (χ3v) is 7.22. The Kier molecular flexibility index (Phi) is 5.47. The summed E-state index contributed by atoms with van der Waals surface area (Å²) in [7, 11) is 5.38. The Morgan fingerprint density at radius 3 is 2.60 bits per heavy atom. The van der Waals surface area contributed by atoms with Crippen molar-refractivity contribution in [2.45, 2.75) is 39.8 Å². The molecule has 4 heterocycles. The highest BCUT2D eigenvalue weighted by molar-refractivity contribution is 7.08. The summed E-state index contributed by atoms with van der Waals surface area (Å²) < 4.78 is 15.6. The molecule has 0 spiro atoms. The largest absolute Gasteiger partial charge is 0.496 e. The molecule has 8 nitrogen and oxygen atoms in total. The molecule has 4 aromatic rings. The van der Waals surface area contributed by atoms with Crippen molar-refractivity contribution >= 4 is 17.2 Å². The van der Waals surface area contributed by atoms with Crippen molar-refractivity contribution in [3.63, 3.8) is 0 Å². The van der Waals surface area contributed by atoms with Crippen molar-refractivity contribution in [2.75, 3.05) is 14.2 Å². The number of fused-ring (bicyclic) bond motifs is 3. The SMILES string of the molecule is COc1cc2c(cc1-c1c(C)cnn1C)-c1c(c(C(=O)N(C)C(C)(C)C)nn1-c1ccsc1)CO2. The number of amides is 1. The maximum absolute atomic E-state index is 13.6. The minimum absolute atomic E-state index is 0.133. The number of methoxy groups -OCH3 is 1. The van der Waals surface area contributed by atoms with Crippen molar-refractivity contribution in [2.24, 2.45) is 7.05 Å². The molecule has 0 fully saturated rings. The lowest BCUT2D eigenvalue weighted by molar-refractivity contribution is 0.0646. The lowest BCUT2D eigenvalue weighted by Gasteiger charge is -2.31. The van der Waals surface area contributed by atoms with Crippen LogP contribution in [0.1, 0.15) is 42.4 Å². The van der Waals surface area contributed by atoms with Gasteiger partial charge in [-0.2, -0.15) is 21.5 Å². The van der Waals surface area contributed by atoms with Crippen LogP contribution in [-0.2, 0) is 13.7 Å². The smallest absolute Gasteiger partial charge is 0.274 e. The van der Waals surface area contributed by atoms with Crippen LogP contribution in [-0.4, -0.2) is 50.1 Å². The third-order valence-electron chi connectivity index (χ3n) is 6.55. The van der Waals surface area contributed by atoms with Crippen LogP contribution in [0.4, 0.5) is 0 Å². The molecule has 0 N–H and O–H groups in total. The van der Waals surface area contributed by atoms with Crippen molar-refractivity contribution in [1.29, 1.82) is 0 Å². The van der Waals surface area contributed by atoms with Crippen LogP contribution in [0.2, 0.25) is 0 Å². The molecule has 9 heteroatoms. The van der Waals surface area contributed by atoms with Gasteiger partial charge in [0.2, 0.25) is 0 Å². The van der Waals surface area contributed by atoms with Crippen LogP contribution >= 0.6 is 11.3 Å². The lowest BCUT2D eigenvalue weighted by Crippen LogP contribution is -2.43. The van der Waals surface area contributed by atoms with E-state index in [2.05, 4.69) is 11.2 Å². The first-order valence-electron chi connectivity index (χ1n) is 11.4. The van der Waals surface area contributed by atoms with Crippen molar-refractivity contribution < 1.29 is 14.3 Å². The number of benzene rings is 1. The average molecular weight is 492 g/mol. The third kappa shape index (κ3) is 3.70. The minimum atomic E-state index is -0.346. The number of hydrogen-bond donors (Lipinski definition) is 0. The molecule has 0 saturated carbocycles. The minimum Gasteiger partial charge on any atom is -0.496 e.